The van der Waals surface area contributed by atoms with Crippen LogP contribution in [-0.4, -0.2) is 49.9 Å². The van der Waals surface area contributed by atoms with Gasteiger partial charge in [-0.3, -0.25) is 0 Å². The molecule has 1 saturated heterocycles. The molecule has 0 radical (unpaired) electrons. The Morgan fingerprint density at radius 2 is 2.12 bits per heavy atom. The molecule has 2 N–H and O–H groups in total. The van der Waals surface area contributed by atoms with Crippen LogP contribution in [0.5, 0.6) is 0 Å². The molecule has 7 nitrogen and oxygen atoms in total. The van der Waals surface area contributed by atoms with Gasteiger partial charge in [-0.05, 0) is 18.9 Å². The monoisotopic (exact) mass is 328 g/mol. The first-order chi connectivity index (χ1) is 11.6. The quantitative estimate of drug-likeness (QED) is 0.642. The molecular weight excluding hydrogens is 304 g/mol. The number of aromatic nitrogens is 3. The summed E-state index contributed by atoms with van der Waals surface area (Å²) < 4.78 is 1.96. The molecule has 1 aromatic heterocycles. The third kappa shape index (κ3) is 3.91. The molecule has 7 heteroatoms. The van der Waals surface area contributed by atoms with Gasteiger partial charge in [0.05, 0.1) is 19.2 Å². The molecule has 0 spiro atoms. The number of rotatable bonds is 4. The third-order valence-electron chi connectivity index (χ3n) is 4.30. The van der Waals surface area contributed by atoms with Crippen molar-refractivity contribution in [3.8, 4) is 0 Å². The molecule has 0 aliphatic carbocycles. The molecule has 0 unspecified atom stereocenters. The van der Waals surface area contributed by atoms with Gasteiger partial charge in [0.25, 0.3) is 0 Å². The standard InChI is InChI=1S/C17H24N6O/c1-13-20-21-16(22(13)2)11-19-17(23-9-8-15(24)12-23)18-10-14-6-4-3-5-7-14/h3-7,15,24H,8-12H2,1-2H3,(H,18,19)/t15-/m1/s1. The Hall–Kier alpha value is -2.41. The van der Waals surface area contributed by atoms with Crippen LogP contribution in [0, 0.1) is 6.92 Å². The Labute approximate surface area is 142 Å². The second-order valence-corrected chi connectivity index (χ2v) is 6.09. The lowest BCUT2D eigenvalue weighted by molar-refractivity contribution is 0.187. The lowest BCUT2D eigenvalue weighted by atomic mass is 10.2. The Bertz CT molecular complexity index is 696. The van der Waals surface area contributed by atoms with Gasteiger partial charge in [0.2, 0.25) is 0 Å². The molecule has 2 aromatic rings. The van der Waals surface area contributed by atoms with Gasteiger partial charge >= 0.3 is 0 Å². The molecule has 1 aliphatic heterocycles. The van der Waals surface area contributed by atoms with Gasteiger partial charge in [-0.2, -0.15) is 0 Å². The predicted octanol–water partition coefficient (Wildman–Crippen LogP) is 0.836. The number of aliphatic hydroxyl groups excluding tert-OH is 1. The van der Waals surface area contributed by atoms with Crippen molar-refractivity contribution in [2.75, 3.05) is 13.1 Å². The van der Waals surface area contributed by atoms with Gasteiger partial charge in [0.1, 0.15) is 5.82 Å². The largest absolute Gasteiger partial charge is 0.391 e. The van der Waals surface area contributed by atoms with E-state index >= 15 is 0 Å². The molecule has 2 heterocycles. The number of nitrogens with one attached hydrogen (secondary N) is 1. The van der Waals surface area contributed by atoms with Crippen LogP contribution in [-0.2, 0) is 20.1 Å². The van der Waals surface area contributed by atoms with Crippen LogP contribution in [0.1, 0.15) is 23.6 Å². The minimum absolute atomic E-state index is 0.286. The summed E-state index contributed by atoms with van der Waals surface area (Å²) in [5, 5.41) is 21.4. The van der Waals surface area contributed by atoms with E-state index in [1.165, 1.54) is 0 Å². The van der Waals surface area contributed by atoms with Crippen LogP contribution in [0.25, 0.3) is 0 Å². The zero-order chi connectivity index (χ0) is 16.9. The number of nitrogens with zero attached hydrogens (tertiary/aromatic N) is 5. The van der Waals surface area contributed by atoms with E-state index in [1.807, 2.05) is 36.7 Å². The molecule has 1 atom stereocenters. The lowest BCUT2D eigenvalue weighted by Crippen LogP contribution is -2.40. The highest BCUT2D eigenvalue weighted by molar-refractivity contribution is 5.80. The van der Waals surface area contributed by atoms with E-state index in [0.717, 1.165) is 36.1 Å². The van der Waals surface area contributed by atoms with E-state index in [1.54, 1.807) is 0 Å². The summed E-state index contributed by atoms with van der Waals surface area (Å²) in [6.07, 6.45) is 0.487. The number of guanidine groups is 1. The van der Waals surface area contributed by atoms with Gasteiger partial charge in [-0.1, -0.05) is 30.3 Å². The molecule has 0 saturated carbocycles. The second kappa shape index (κ2) is 7.44. The predicted molar refractivity (Wildman–Crippen MR) is 92.4 cm³/mol. The SMILES string of the molecule is Cc1nnc(CNC(=NCc2ccccc2)N2CC[C@@H](O)C2)n1C. The molecule has 0 bridgehead atoms. The summed E-state index contributed by atoms with van der Waals surface area (Å²) in [5.74, 6) is 2.54. The summed E-state index contributed by atoms with van der Waals surface area (Å²) in [6.45, 7) is 4.50. The second-order valence-electron chi connectivity index (χ2n) is 6.09. The Kier molecular flexibility index (Phi) is 5.10. The van der Waals surface area contributed by atoms with Gasteiger partial charge < -0.3 is 19.9 Å². The van der Waals surface area contributed by atoms with Gasteiger partial charge in [-0.15, -0.1) is 10.2 Å². The van der Waals surface area contributed by atoms with Gasteiger partial charge in [-0.25, -0.2) is 4.99 Å². The van der Waals surface area contributed by atoms with Crippen molar-refractivity contribution in [1.29, 1.82) is 0 Å². The fourth-order valence-corrected chi connectivity index (χ4v) is 2.71. The number of aryl methyl sites for hydroxylation is 1. The highest BCUT2D eigenvalue weighted by atomic mass is 16.3. The van der Waals surface area contributed by atoms with Crippen LogP contribution < -0.4 is 5.32 Å². The van der Waals surface area contributed by atoms with E-state index in [2.05, 4.69) is 32.5 Å². The summed E-state index contributed by atoms with van der Waals surface area (Å²) in [4.78, 5) is 6.82. The molecular formula is C17H24N6O. The van der Waals surface area contributed by atoms with Gasteiger partial charge in [0.15, 0.2) is 11.8 Å². The lowest BCUT2D eigenvalue weighted by Gasteiger charge is -2.21. The van der Waals surface area contributed by atoms with Crippen molar-refractivity contribution in [2.45, 2.75) is 32.5 Å². The maximum Gasteiger partial charge on any atom is 0.194 e. The number of aliphatic imine (C=N–C) groups is 1. The number of hydrogen-bond donors (Lipinski definition) is 2. The maximum atomic E-state index is 9.82. The van der Waals surface area contributed by atoms with E-state index in [0.29, 0.717) is 19.6 Å². The minimum atomic E-state index is -0.286. The first-order valence-corrected chi connectivity index (χ1v) is 8.23. The molecule has 0 amide bonds. The zero-order valence-corrected chi connectivity index (χ0v) is 14.2. The molecule has 3 rings (SSSR count). The molecule has 128 valence electrons. The van der Waals surface area contributed by atoms with E-state index < -0.39 is 0 Å². The summed E-state index contributed by atoms with van der Waals surface area (Å²) in [7, 11) is 1.95. The van der Waals surface area contributed by atoms with E-state index in [9.17, 15) is 5.11 Å². The van der Waals surface area contributed by atoms with Crippen molar-refractivity contribution in [3.05, 3.63) is 47.5 Å². The fraction of sp³-hybridized carbons (Fsp3) is 0.471. The molecule has 24 heavy (non-hydrogen) atoms. The zero-order valence-electron chi connectivity index (χ0n) is 14.2. The summed E-state index contributed by atoms with van der Waals surface area (Å²) >= 11 is 0. The third-order valence-corrected chi connectivity index (χ3v) is 4.30. The smallest absolute Gasteiger partial charge is 0.194 e. The normalized spacial score (nSPS) is 18.2. The van der Waals surface area contributed by atoms with Crippen LogP contribution in [0.2, 0.25) is 0 Å². The number of benzene rings is 1. The average Bonchev–Trinajstić information content (AvgIpc) is 3.16. The molecule has 1 fully saturated rings. The fourth-order valence-electron chi connectivity index (χ4n) is 2.71. The van der Waals surface area contributed by atoms with Crippen LogP contribution in [0.3, 0.4) is 0 Å². The molecule has 1 aromatic carbocycles. The minimum Gasteiger partial charge on any atom is -0.391 e. The number of hydrogen-bond acceptors (Lipinski definition) is 4. The van der Waals surface area contributed by atoms with Crippen LogP contribution in [0.15, 0.2) is 35.3 Å². The van der Waals surface area contributed by atoms with Crippen molar-refractivity contribution in [2.24, 2.45) is 12.0 Å². The topological polar surface area (TPSA) is 78.6 Å². The number of β-amino-alcohol motifs (C(OH)–C–C–N with tert-alkyl or cyclic N) is 1. The van der Waals surface area contributed by atoms with Crippen molar-refractivity contribution < 1.29 is 5.11 Å². The van der Waals surface area contributed by atoms with Crippen molar-refractivity contribution >= 4 is 5.96 Å². The van der Waals surface area contributed by atoms with Crippen LogP contribution >= 0.6 is 0 Å². The van der Waals surface area contributed by atoms with Crippen LogP contribution in [0.4, 0.5) is 0 Å². The number of likely N-dealkylation sites (tertiary alicyclic amines) is 1. The maximum absolute atomic E-state index is 9.82. The summed E-state index contributed by atoms with van der Waals surface area (Å²) in [5.41, 5.74) is 1.16. The average molecular weight is 328 g/mol. The van der Waals surface area contributed by atoms with Gasteiger partial charge in [0, 0.05) is 20.1 Å². The van der Waals surface area contributed by atoms with E-state index in [4.69, 9.17) is 4.99 Å². The molecule has 1 aliphatic rings. The first kappa shape index (κ1) is 16.4. The summed E-state index contributed by atoms with van der Waals surface area (Å²) in [6, 6.07) is 10.2. The Morgan fingerprint density at radius 1 is 1.33 bits per heavy atom. The highest BCUT2D eigenvalue weighted by Crippen LogP contribution is 2.10. The Balaban J connectivity index is 1.70. The highest BCUT2D eigenvalue weighted by Gasteiger charge is 2.23. The van der Waals surface area contributed by atoms with E-state index in [-0.39, 0.29) is 6.10 Å². The first-order valence-electron chi connectivity index (χ1n) is 8.23. The Morgan fingerprint density at radius 3 is 2.75 bits per heavy atom. The number of aliphatic hydroxyl groups is 1. The van der Waals surface area contributed by atoms with Crippen molar-refractivity contribution in [3.63, 3.8) is 0 Å². The van der Waals surface area contributed by atoms with Crippen molar-refractivity contribution in [1.82, 2.24) is 25.0 Å².